The lowest BCUT2D eigenvalue weighted by molar-refractivity contribution is 0.0781. The molecular weight excluding hydrogens is 290 g/mol. The van der Waals surface area contributed by atoms with Gasteiger partial charge in [0.15, 0.2) is 0 Å². The number of carbonyl (C=O) groups excluding carboxylic acids is 1. The van der Waals surface area contributed by atoms with Gasteiger partial charge in [-0.1, -0.05) is 23.8 Å². The lowest BCUT2D eigenvalue weighted by Gasteiger charge is -2.20. The van der Waals surface area contributed by atoms with E-state index in [1.54, 1.807) is 44.4 Å². The van der Waals surface area contributed by atoms with Gasteiger partial charge in [0.1, 0.15) is 11.5 Å². The van der Waals surface area contributed by atoms with E-state index in [1.807, 2.05) is 0 Å². The highest BCUT2D eigenvalue weighted by atomic mass is 16.5. The van der Waals surface area contributed by atoms with Crippen molar-refractivity contribution in [3.63, 3.8) is 0 Å². The molecule has 0 aromatic heterocycles. The molecule has 4 nitrogen and oxygen atoms in total. The highest BCUT2D eigenvalue weighted by molar-refractivity contribution is 5.97. The van der Waals surface area contributed by atoms with Crippen molar-refractivity contribution in [1.82, 2.24) is 4.90 Å². The molecule has 2 aromatic carbocycles. The molecule has 0 spiro atoms. The van der Waals surface area contributed by atoms with Crippen LogP contribution >= 0.6 is 0 Å². The second kappa shape index (κ2) is 7.18. The largest absolute Gasteiger partial charge is 0.497 e. The van der Waals surface area contributed by atoms with Crippen molar-refractivity contribution < 1.29 is 14.3 Å². The summed E-state index contributed by atoms with van der Waals surface area (Å²) >= 11 is 0. The summed E-state index contributed by atoms with van der Waals surface area (Å²) in [5, 5.41) is 0. The van der Waals surface area contributed by atoms with Crippen LogP contribution in [0.3, 0.4) is 0 Å². The minimum Gasteiger partial charge on any atom is -0.497 e. The molecule has 2 rings (SSSR count). The van der Waals surface area contributed by atoms with Crippen LogP contribution in [0, 0.1) is 13.8 Å². The Kier molecular flexibility index (Phi) is 5.27. The molecule has 0 atom stereocenters. The second-order valence-corrected chi connectivity index (χ2v) is 5.66. The molecule has 0 fully saturated rings. The third kappa shape index (κ3) is 3.83. The summed E-state index contributed by atoms with van der Waals surface area (Å²) in [4.78, 5) is 14.4. The number of methoxy groups -OCH3 is 2. The zero-order valence-corrected chi connectivity index (χ0v) is 14.3. The van der Waals surface area contributed by atoms with Crippen molar-refractivity contribution in [1.29, 1.82) is 0 Å². The molecule has 0 aliphatic rings. The minimum absolute atomic E-state index is 0.0792. The van der Waals surface area contributed by atoms with E-state index in [0.717, 1.165) is 5.56 Å². The van der Waals surface area contributed by atoms with Gasteiger partial charge in [0, 0.05) is 19.7 Å². The number of hydrogen-bond acceptors (Lipinski definition) is 3. The van der Waals surface area contributed by atoms with Crippen LogP contribution in [0.1, 0.15) is 27.0 Å². The van der Waals surface area contributed by atoms with E-state index in [-0.39, 0.29) is 5.91 Å². The molecule has 1 amide bonds. The van der Waals surface area contributed by atoms with Gasteiger partial charge in [-0.05, 0) is 37.1 Å². The van der Waals surface area contributed by atoms with Gasteiger partial charge < -0.3 is 14.4 Å². The predicted octanol–water partition coefficient (Wildman–Crippen LogP) is 3.59. The quantitative estimate of drug-likeness (QED) is 0.846. The Morgan fingerprint density at radius 3 is 2.39 bits per heavy atom. The number of nitrogens with zero attached hydrogens (tertiary/aromatic N) is 1. The second-order valence-electron chi connectivity index (χ2n) is 5.66. The molecule has 122 valence electrons. The molecule has 4 heteroatoms. The van der Waals surface area contributed by atoms with Gasteiger partial charge >= 0.3 is 0 Å². The molecule has 0 aliphatic heterocycles. The molecule has 2 aromatic rings. The van der Waals surface area contributed by atoms with Gasteiger partial charge in [0.2, 0.25) is 0 Å². The molecule has 0 N–H and O–H groups in total. The maximum atomic E-state index is 12.7. The van der Waals surface area contributed by atoms with E-state index in [0.29, 0.717) is 23.6 Å². The third-order valence-corrected chi connectivity index (χ3v) is 3.89. The van der Waals surface area contributed by atoms with Crippen LogP contribution in [0.4, 0.5) is 0 Å². The van der Waals surface area contributed by atoms with Gasteiger partial charge in [0.25, 0.3) is 5.91 Å². The third-order valence-electron chi connectivity index (χ3n) is 3.89. The van der Waals surface area contributed by atoms with Crippen LogP contribution in [0.15, 0.2) is 36.4 Å². The zero-order valence-electron chi connectivity index (χ0n) is 14.3. The lowest BCUT2D eigenvalue weighted by atomic mass is 10.0. The molecule has 0 bridgehead atoms. The number of amides is 1. The van der Waals surface area contributed by atoms with Gasteiger partial charge in [-0.25, -0.2) is 0 Å². The summed E-state index contributed by atoms with van der Waals surface area (Å²) in [6.07, 6.45) is 0. The van der Waals surface area contributed by atoms with Gasteiger partial charge in [-0.3, -0.25) is 4.79 Å². The molecule has 0 heterocycles. The van der Waals surface area contributed by atoms with Crippen molar-refractivity contribution in [2.75, 3.05) is 21.3 Å². The molecule has 0 unspecified atom stereocenters. The Balaban J connectivity index is 2.22. The van der Waals surface area contributed by atoms with Crippen LogP contribution < -0.4 is 9.47 Å². The molecule has 0 saturated heterocycles. The number of rotatable bonds is 5. The standard InChI is InChI=1S/C19H23NO3/c1-13-6-7-15(14(2)10-13)12-20(3)19(21)17-9-8-16(22-4)11-18(17)23-5/h6-11H,12H2,1-5H3. The Morgan fingerprint density at radius 2 is 1.78 bits per heavy atom. The smallest absolute Gasteiger partial charge is 0.257 e. The topological polar surface area (TPSA) is 38.8 Å². The van der Waals surface area contributed by atoms with Crippen LogP contribution in [0.25, 0.3) is 0 Å². The van der Waals surface area contributed by atoms with Gasteiger partial charge in [-0.15, -0.1) is 0 Å². The van der Waals surface area contributed by atoms with E-state index in [2.05, 4.69) is 32.0 Å². The Labute approximate surface area is 137 Å². The van der Waals surface area contributed by atoms with E-state index in [9.17, 15) is 4.79 Å². The number of ether oxygens (including phenoxy) is 2. The fourth-order valence-corrected chi connectivity index (χ4v) is 2.53. The Morgan fingerprint density at radius 1 is 1.04 bits per heavy atom. The first kappa shape index (κ1) is 16.9. The minimum atomic E-state index is -0.0792. The molecule has 0 aliphatic carbocycles. The summed E-state index contributed by atoms with van der Waals surface area (Å²) in [7, 11) is 4.93. The Hall–Kier alpha value is -2.49. The van der Waals surface area contributed by atoms with E-state index >= 15 is 0 Å². The average molecular weight is 313 g/mol. The van der Waals surface area contributed by atoms with Crippen LogP contribution in [0.2, 0.25) is 0 Å². The van der Waals surface area contributed by atoms with Gasteiger partial charge in [-0.2, -0.15) is 0 Å². The highest BCUT2D eigenvalue weighted by Gasteiger charge is 2.18. The number of hydrogen-bond donors (Lipinski definition) is 0. The average Bonchev–Trinajstić information content (AvgIpc) is 2.55. The highest BCUT2D eigenvalue weighted by Crippen LogP contribution is 2.26. The first-order valence-corrected chi connectivity index (χ1v) is 7.50. The molecule has 0 radical (unpaired) electrons. The molecule has 23 heavy (non-hydrogen) atoms. The SMILES string of the molecule is COc1ccc(C(=O)N(C)Cc2ccc(C)cc2C)c(OC)c1. The summed E-state index contributed by atoms with van der Waals surface area (Å²) < 4.78 is 10.5. The van der Waals surface area contributed by atoms with Crippen molar-refractivity contribution in [3.8, 4) is 11.5 Å². The Bertz CT molecular complexity index is 710. The summed E-state index contributed by atoms with van der Waals surface area (Å²) in [5.41, 5.74) is 4.07. The predicted molar refractivity (Wildman–Crippen MR) is 91.3 cm³/mol. The van der Waals surface area contributed by atoms with Crippen molar-refractivity contribution >= 4 is 5.91 Å². The lowest BCUT2D eigenvalue weighted by Crippen LogP contribution is -2.27. The maximum absolute atomic E-state index is 12.7. The summed E-state index contributed by atoms with van der Waals surface area (Å²) in [6.45, 7) is 4.68. The van der Waals surface area contributed by atoms with Crippen LogP contribution in [-0.2, 0) is 6.54 Å². The first-order valence-electron chi connectivity index (χ1n) is 7.50. The van der Waals surface area contributed by atoms with Gasteiger partial charge in [0.05, 0.1) is 19.8 Å². The van der Waals surface area contributed by atoms with E-state index in [4.69, 9.17) is 9.47 Å². The van der Waals surface area contributed by atoms with E-state index < -0.39 is 0 Å². The normalized spacial score (nSPS) is 10.3. The van der Waals surface area contributed by atoms with Crippen LogP contribution in [-0.4, -0.2) is 32.1 Å². The summed E-state index contributed by atoms with van der Waals surface area (Å²) in [5.74, 6) is 1.10. The van der Waals surface area contributed by atoms with Crippen molar-refractivity contribution in [2.24, 2.45) is 0 Å². The van der Waals surface area contributed by atoms with Crippen LogP contribution in [0.5, 0.6) is 11.5 Å². The fraction of sp³-hybridized carbons (Fsp3) is 0.316. The maximum Gasteiger partial charge on any atom is 0.257 e. The number of benzene rings is 2. The monoisotopic (exact) mass is 313 g/mol. The molecular formula is C19H23NO3. The number of aryl methyl sites for hydroxylation is 2. The van der Waals surface area contributed by atoms with Crippen molar-refractivity contribution in [2.45, 2.75) is 20.4 Å². The van der Waals surface area contributed by atoms with E-state index in [1.165, 1.54) is 11.1 Å². The number of carbonyl (C=O) groups is 1. The molecule has 0 saturated carbocycles. The first-order chi connectivity index (χ1) is 11.0. The summed E-state index contributed by atoms with van der Waals surface area (Å²) in [6, 6.07) is 11.5. The fourth-order valence-electron chi connectivity index (χ4n) is 2.53. The zero-order chi connectivity index (χ0) is 17.0. The van der Waals surface area contributed by atoms with Crippen molar-refractivity contribution in [3.05, 3.63) is 58.7 Å².